The fourth-order valence-electron chi connectivity index (χ4n) is 3.62. The summed E-state index contributed by atoms with van der Waals surface area (Å²) in [5, 5.41) is 0. The van der Waals surface area contributed by atoms with Crippen molar-refractivity contribution in [3.8, 4) is 0 Å². The summed E-state index contributed by atoms with van der Waals surface area (Å²) in [5.41, 5.74) is 2.12. The molecule has 1 heterocycles. The molecule has 0 bridgehead atoms. The van der Waals surface area contributed by atoms with E-state index < -0.39 is 5.82 Å². The van der Waals surface area contributed by atoms with Crippen LogP contribution in [0.1, 0.15) is 35.7 Å². The maximum atomic E-state index is 13.9. The van der Waals surface area contributed by atoms with E-state index in [1.165, 1.54) is 12.1 Å². The Morgan fingerprint density at radius 1 is 1.11 bits per heavy atom. The first kappa shape index (κ1) is 19.1. The molecule has 27 heavy (non-hydrogen) atoms. The lowest BCUT2D eigenvalue weighted by molar-refractivity contribution is -0.123. The van der Waals surface area contributed by atoms with Gasteiger partial charge in [-0.05, 0) is 56.5 Å². The quantitative estimate of drug-likeness (QED) is 0.817. The zero-order valence-corrected chi connectivity index (χ0v) is 15.8. The Morgan fingerprint density at radius 3 is 2.44 bits per heavy atom. The van der Waals surface area contributed by atoms with Gasteiger partial charge in [-0.25, -0.2) is 4.39 Å². The maximum Gasteiger partial charge on any atom is 0.256 e. The molecule has 3 rings (SSSR count). The second-order valence-corrected chi connectivity index (χ2v) is 6.97. The number of piperidine rings is 1. The predicted molar refractivity (Wildman–Crippen MR) is 104 cm³/mol. The molecule has 1 aliphatic heterocycles. The van der Waals surface area contributed by atoms with Crippen molar-refractivity contribution in [2.75, 3.05) is 24.5 Å². The van der Waals surface area contributed by atoms with Gasteiger partial charge in [0.15, 0.2) is 0 Å². The predicted octanol–water partition coefficient (Wildman–Crippen LogP) is 4.04. The van der Waals surface area contributed by atoms with Crippen molar-refractivity contribution >= 4 is 17.5 Å². The van der Waals surface area contributed by atoms with Crippen LogP contribution in [0.3, 0.4) is 0 Å². The summed E-state index contributed by atoms with van der Waals surface area (Å²) in [6.45, 7) is 5.52. The molecule has 142 valence electrons. The van der Waals surface area contributed by atoms with E-state index in [4.69, 9.17) is 0 Å². The highest BCUT2D eigenvalue weighted by atomic mass is 19.1. The van der Waals surface area contributed by atoms with E-state index in [2.05, 4.69) is 0 Å². The van der Waals surface area contributed by atoms with Crippen LogP contribution in [-0.4, -0.2) is 36.3 Å². The molecule has 0 unspecified atom stereocenters. The molecule has 0 atom stereocenters. The van der Waals surface area contributed by atoms with Gasteiger partial charge >= 0.3 is 0 Å². The molecule has 0 aliphatic carbocycles. The summed E-state index contributed by atoms with van der Waals surface area (Å²) < 4.78 is 13.9. The number of nitrogens with zero attached hydrogens (tertiary/aromatic N) is 2. The van der Waals surface area contributed by atoms with Crippen LogP contribution in [0.15, 0.2) is 48.5 Å². The van der Waals surface area contributed by atoms with Gasteiger partial charge in [0, 0.05) is 31.2 Å². The number of anilines is 1. The summed E-state index contributed by atoms with van der Waals surface area (Å²) in [6.07, 6.45) is 1.20. The monoisotopic (exact) mass is 368 g/mol. The Morgan fingerprint density at radius 2 is 1.81 bits per heavy atom. The van der Waals surface area contributed by atoms with Crippen molar-refractivity contribution in [1.29, 1.82) is 0 Å². The van der Waals surface area contributed by atoms with Gasteiger partial charge in [0.2, 0.25) is 5.91 Å². The molecule has 1 aliphatic rings. The first-order valence-electron chi connectivity index (χ1n) is 9.43. The zero-order valence-electron chi connectivity index (χ0n) is 15.8. The van der Waals surface area contributed by atoms with Gasteiger partial charge in [-0.3, -0.25) is 9.59 Å². The van der Waals surface area contributed by atoms with Gasteiger partial charge in [0.1, 0.15) is 5.82 Å². The molecule has 2 aromatic carbocycles. The molecule has 0 aromatic heterocycles. The number of carbonyl (C=O) groups is 2. The third kappa shape index (κ3) is 4.18. The fourth-order valence-corrected chi connectivity index (χ4v) is 3.62. The minimum absolute atomic E-state index is 0.0947. The second-order valence-electron chi connectivity index (χ2n) is 6.97. The zero-order chi connectivity index (χ0) is 19.4. The molecule has 2 aromatic rings. The van der Waals surface area contributed by atoms with Gasteiger partial charge < -0.3 is 9.80 Å². The molecular weight excluding hydrogens is 343 g/mol. The van der Waals surface area contributed by atoms with Crippen LogP contribution in [0, 0.1) is 18.7 Å². The van der Waals surface area contributed by atoms with Crippen LogP contribution in [-0.2, 0) is 4.79 Å². The number of likely N-dealkylation sites (tertiary alicyclic amines) is 1. The fraction of sp³-hybridized carbons (Fsp3) is 0.364. The van der Waals surface area contributed by atoms with Gasteiger partial charge in [-0.1, -0.05) is 24.3 Å². The summed E-state index contributed by atoms with van der Waals surface area (Å²) in [4.78, 5) is 29.0. The summed E-state index contributed by atoms with van der Waals surface area (Å²) in [5.74, 6) is -0.821. The molecule has 0 saturated carbocycles. The number of aryl methyl sites for hydroxylation is 1. The highest BCUT2D eigenvalue weighted by molar-refractivity contribution is 5.96. The Kier molecular flexibility index (Phi) is 5.89. The van der Waals surface area contributed by atoms with Gasteiger partial charge in [-0.2, -0.15) is 0 Å². The van der Waals surface area contributed by atoms with Crippen LogP contribution < -0.4 is 4.90 Å². The van der Waals surface area contributed by atoms with Gasteiger partial charge in [-0.15, -0.1) is 0 Å². The van der Waals surface area contributed by atoms with E-state index >= 15 is 0 Å². The third-order valence-electron chi connectivity index (χ3n) is 5.13. The van der Waals surface area contributed by atoms with Crippen LogP contribution in [0.4, 0.5) is 10.1 Å². The van der Waals surface area contributed by atoms with Crippen molar-refractivity contribution in [2.24, 2.45) is 5.92 Å². The number of rotatable bonds is 4. The van der Waals surface area contributed by atoms with E-state index in [0.717, 1.165) is 11.3 Å². The average molecular weight is 368 g/mol. The normalized spacial score (nSPS) is 14.9. The summed E-state index contributed by atoms with van der Waals surface area (Å²) in [6, 6.07) is 14.0. The molecule has 2 amide bonds. The van der Waals surface area contributed by atoms with Crippen LogP contribution in [0.25, 0.3) is 0 Å². The third-order valence-corrected chi connectivity index (χ3v) is 5.13. The Labute approximate surface area is 159 Å². The molecule has 1 fully saturated rings. The Balaban J connectivity index is 1.65. The van der Waals surface area contributed by atoms with Crippen molar-refractivity contribution in [3.05, 3.63) is 65.5 Å². The van der Waals surface area contributed by atoms with E-state index in [1.54, 1.807) is 17.0 Å². The molecule has 0 N–H and O–H groups in total. The maximum absolute atomic E-state index is 13.9. The highest BCUT2D eigenvalue weighted by Crippen LogP contribution is 2.25. The number of hydrogen-bond donors (Lipinski definition) is 0. The van der Waals surface area contributed by atoms with E-state index in [1.807, 2.05) is 43.0 Å². The standard InChI is InChI=1S/C22H25FN2O2/c1-3-25(18-8-6-7-16(2)15-18)21(26)17-11-13-24(14-12-17)22(27)19-9-4-5-10-20(19)23/h4-10,15,17H,3,11-14H2,1-2H3. The lowest BCUT2D eigenvalue weighted by Gasteiger charge is -2.34. The van der Waals surface area contributed by atoms with Crippen molar-refractivity contribution in [2.45, 2.75) is 26.7 Å². The first-order valence-corrected chi connectivity index (χ1v) is 9.43. The number of hydrogen-bond acceptors (Lipinski definition) is 2. The largest absolute Gasteiger partial charge is 0.339 e. The number of halogens is 1. The number of benzene rings is 2. The van der Waals surface area contributed by atoms with Crippen molar-refractivity contribution < 1.29 is 14.0 Å². The van der Waals surface area contributed by atoms with Crippen LogP contribution in [0.5, 0.6) is 0 Å². The first-order chi connectivity index (χ1) is 13.0. The molecular formula is C22H25FN2O2. The summed E-state index contributed by atoms with van der Waals surface area (Å²) >= 11 is 0. The number of amides is 2. The number of carbonyl (C=O) groups excluding carboxylic acids is 2. The highest BCUT2D eigenvalue weighted by Gasteiger charge is 2.31. The van der Waals surface area contributed by atoms with E-state index in [0.29, 0.717) is 32.5 Å². The second kappa shape index (κ2) is 8.33. The van der Waals surface area contributed by atoms with Crippen LogP contribution >= 0.6 is 0 Å². The SMILES string of the molecule is CCN(C(=O)C1CCN(C(=O)c2ccccc2F)CC1)c1cccc(C)c1. The average Bonchev–Trinajstić information content (AvgIpc) is 2.68. The smallest absolute Gasteiger partial charge is 0.256 e. The van der Waals surface area contributed by atoms with E-state index in [-0.39, 0.29) is 23.3 Å². The molecule has 4 nitrogen and oxygen atoms in total. The Bertz CT molecular complexity index is 829. The van der Waals surface area contributed by atoms with Gasteiger partial charge in [0.05, 0.1) is 5.56 Å². The molecule has 0 radical (unpaired) electrons. The minimum Gasteiger partial charge on any atom is -0.339 e. The topological polar surface area (TPSA) is 40.6 Å². The van der Waals surface area contributed by atoms with E-state index in [9.17, 15) is 14.0 Å². The van der Waals surface area contributed by atoms with Gasteiger partial charge in [0.25, 0.3) is 5.91 Å². The lowest BCUT2D eigenvalue weighted by atomic mass is 9.94. The molecule has 1 saturated heterocycles. The van der Waals surface area contributed by atoms with Crippen molar-refractivity contribution in [1.82, 2.24) is 4.90 Å². The summed E-state index contributed by atoms with van der Waals surface area (Å²) in [7, 11) is 0. The van der Waals surface area contributed by atoms with Crippen LogP contribution in [0.2, 0.25) is 0 Å². The Hall–Kier alpha value is -2.69. The minimum atomic E-state index is -0.502. The lowest BCUT2D eigenvalue weighted by Crippen LogP contribution is -2.44. The van der Waals surface area contributed by atoms with Crippen molar-refractivity contribution in [3.63, 3.8) is 0 Å². The molecule has 0 spiro atoms. The molecule has 5 heteroatoms.